The first-order valence-electron chi connectivity index (χ1n) is 5.72. The standard InChI is InChI=1S/C13H16O3/c1-9-4-11-12(5-10(9)6-14)16-8-13(2-3-13)7-15-11/h4-5,14H,2-3,6-8H2,1H3. The molecule has 0 bridgehead atoms. The van der Waals surface area contributed by atoms with Crippen LogP contribution < -0.4 is 9.47 Å². The van der Waals surface area contributed by atoms with Crippen molar-refractivity contribution in [1.29, 1.82) is 0 Å². The Morgan fingerprint density at radius 1 is 1.19 bits per heavy atom. The third kappa shape index (κ3) is 1.55. The fourth-order valence-electron chi connectivity index (χ4n) is 2.07. The molecule has 1 spiro atoms. The van der Waals surface area contributed by atoms with Crippen LogP contribution in [0.4, 0.5) is 0 Å². The first kappa shape index (κ1) is 9.97. The molecule has 16 heavy (non-hydrogen) atoms. The fraction of sp³-hybridized carbons (Fsp3) is 0.538. The number of benzene rings is 1. The number of ether oxygens (including phenoxy) is 2. The Hall–Kier alpha value is -1.22. The van der Waals surface area contributed by atoms with E-state index in [1.54, 1.807) is 0 Å². The number of aliphatic hydroxyl groups is 1. The van der Waals surface area contributed by atoms with Gasteiger partial charge in [-0.15, -0.1) is 0 Å². The lowest BCUT2D eigenvalue weighted by atomic mass is 10.1. The van der Waals surface area contributed by atoms with Crippen molar-refractivity contribution in [3.05, 3.63) is 23.3 Å². The quantitative estimate of drug-likeness (QED) is 0.787. The van der Waals surface area contributed by atoms with Crippen molar-refractivity contribution in [2.45, 2.75) is 26.4 Å². The van der Waals surface area contributed by atoms with Gasteiger partial charge in [0.2, 0.25) is 0 Å². The normalized spacial score (nSPS) is 20.6. The van der Waals surface area contributed by atoms with E-state index in [0.29, 0.717) is 0 Å². The molecule has 0 unspecified atom stereocenters. The predicted molar refractivity (Wildman–Crippen MR) is 59.8 cm³/mol. The summed E-state index contributed by atoms with van der Waals surface area (Å²) >= 11 is 0. The number of aryl methyl sites for hydroxylation is 1. The van der Waals surface area contributed by atoms with Gasteiger partial charge in [-0.05, 0) is 43.0 Å². The van der Waals surface area contributed by atoms with E-state index in [2.05, 4.69) is 0 Å². The summed E-state index contributed by atoms with van der Waals surface area (Å²) in [5.41, 5.74) is 2.23. The molecule has 1 saturated carbocycles. The second kappa shape index (κ2) is 3.39. The van der Waals surface area contributed by atoms with Crippen LogP contribution in [-0.4, -0.2) is 18.3 Å². The van der Waals surface area contributed by atoms with Crippen LogP contribution in [0.5, 0.6) is 11.5 Å². The molecular formula is C13H16O3. The van der Waals surface area contributed by atoms with Gasteiger partial charge in [-0.2, -0.15) is 0 Å². The van der Waals surface area contributed by atoms with E-state index >= 15 is 0 Å². The molecule has 2 aliphatic rings. The average molecular weight is 220 g/mol. The van der Waals surface area contributed by atoms with Crippen LogP contribution in [0.25, 0.3) is 0 Å². The van der Waals surface area contributed by atoms with Crippen molar-refractivity contribution in [2.75, 3.05) is 13.2 Å². The molecule has 1 aliphatic carbocycles. The van der Waals surface area contributed by atoms with Crippen LogP contribution in [0.15, 0.2) is 12.1 Å². The largest absolute Gasteiger partial charge is 0.489 e. The van der Waals surface area contributed by atoms with Gasteiger partial charge in [-0.1, -0.05) is 0 Å². The van der Waals surface area contributed by atoms with Gasteiger partial charge >= 0.3 is 0 Å². The smallest absolute Gasteiger partial charge is 0.161 e. The van der Waals surface area contributed by atoms with Gasteiger partial charge in [-0.25, -0.2) is 0 Å². The third-order valence-corrected chi connectivity index (χ3v) is 3.60. The summed E-state index contributed by atoms with van der Waals surface area (Å²) in [6.07, 6.45) is 2.40. The fourth-order valence-corrected chi connectivity index (χ4v) is 2.07. The summed E-state index contributed by atoms with van der Waals surface area (Å²) in [6, 6.07) is 3.86. The molecule has 3 nitrogen and oxygen atoms in total. The summed E-state index contributed by atoms with van der Waals surface area (Å²) in [5.74, 6) is 1.59. The predicted octanol–water partition coefficient (Wildman–Crippen LogP) is 2.04. The minimum Gasteiger partial charge on any atom is -0.489 e. The molecule has 1 heterocycles. The summed E-state index contributed by atoms with van der Waals surface area (Å²) in [5, 5.41) is 9.21. The molecule has 3 rings (SSSR count). The highest BCUT2D eigenvalue weighted by atomic mass is 16.5. The lowest BCUT2D eigenvalue weighted by Gasteiger charge is -2.10. The Morgan fingerprint density at radius 3 is 2.38 bits per heavy atom. The third-order valence-electron chi connectivity index (χ3n) is 3.60. The molecule has 0 atom stereocenters. The Kier molecular flexibility index (Phi) is 2.11. The molecule has 1 fully saturated rings. The molecule has 1 N–H and O–H groups in total. The minimum absolute atomic E-state index is 0.0492. The van der Waals surface area contributed by atoms with Gasteiger partial charge in [-0.3, -0.25) is 0 Å². The Balaban J connectivity index is 1.94. The number of fused-ring (bicyclic) bond motifs is 1. The lowest BCUT2D eigenvalue weighted by Crippen LogP contribution is -2.17. The van der Waals surface area contributed by atoms with Crippen LogP contribution in [0.1, 0.15) is 24.0 Å². The van der Waals surface area contributed by atoms with Gasteiger partial charge in [0.05, 0.1) is 19.8 Å². The Labute approximate surface area is 95.0 Å². The van der Waals surface area contributed by atoms with Gasteiger partial charge < -0.3 is 14.6 Å². The maximum Gasteiger partial charge on any atom is 0.161 e. The maximum atomic E-state index is 9.21. The van der Waals surface area contributed by atoms with Gasteiger partial charge in [0.1, 0.15) is 0 Å². The first-order chi connectivity index (χ1) is 7.72. The van der Waals surface area contributed by atoms with Crippen molar-refractivity contribution in [3.63, 3.8) is 0 Å². The first-order valence-corrected chi connectivity index (χ1v) is 5.72. The molecule has 1 aromatic carbocycles. The highest BCUT2D eigenvalue weighted by molar-refractivity contribution is 5.47. The van der Waals surface area contributed by atoms with Gasteiger partial charge in [0, 0.05) is 5.41 Å². The topological polar surface area (TPSA) is 38.7 Å². The van der Waals surface area contributed by atoms with Crippen molar-refractivity contribution in [1.82, 2.24) is 0 Å². The molecule has 1 aromatic rings. The SMILES string of the molecule is Cc1cc2c(cc1CO)OCC1(CC1)CO2. The van der Waals surface area contributed by atoms with Crippen LogP contribution >= 0.6 is 0 Å². The van der Waals surface area contributed by atoms with E-state index in [0.717, 1.165) is 35.8 Å². The Morgan fingerprint density at radius 2 is 1.81 bits per heavy atom. The van der Waals surface area contributed by atoms with Gasteiger partial charge in [0.25, 0.3) is 0 Å². The molecule has 0 aromatic heterocycles. The van der Waals surface area contributed by atoms with E-state index in [-0.39, 0.29) is 12.0 Å². The van der Waals surface area contributed by atoms with Gasteiger partial charge in [0.15, 0.2) is 11.5 Å². The highest BCUT2D eigenvalue weighted by Crippen LogP contribution is 2.49. The maximum absolute atomic E-state index is 9.21. The molecule has 86 valence electrons. The van der Waals surface area contributed by atoms with E-state index in [1.165, 1.54) is 12.8 Å². The van der Waals surface area contributed by atoms with E-state index in [9.17, 15) is 5.11 Å². The van der Waals surface area contributed by atoms with Crippen molar-refractivity contribution in [2.24, 2.45) is 5.41 Å². The molecular weight excluding hydrogens is 204 g/mol. The zero-order chi connectivity index (χ0) is 11.2. The molecule has 0 amide bonds. The Bertz CT molecular complexity index is 421. The molecule has 0 radical (unpaired) electrons. The highest BCUT2D eigenvalue weighted by Gasteiger charge is 2.46. The van der Waals surface area contributed by atoms with Crippen LogP contribution in [0.3, 0.4) is 0 Å². The lowest BCUT2D eigenvalue weighted by molar-refractivity contribution is 0.197. The minimum atomic E-state index is 0.0492. The van der Waals surface area contributed by atoms with Crippen molar-refractivity contribution >= 4 is 0 Å². The van der Waals surface area contributed by atoms with Crippen LogP contribution in [-0.2, 0) is 6.61 Å². The zero-order valence-electron chi connectivity index (χ0n) is 9.45. The molecule has 0 saturated heterocycles. The number of rotatable bonds is 1. The van der Waals surface area contributed by atoms with E-state index < -0.39 is 0 Å². The summed E-state index contributed by atoms with van der Waals surface area (Å²) < 4.78 is 11.6. The second-order valence-corrected chi connectivity index (χ2v) is 4.96. The summed E-state index contributed by atoms with van der Waals surface area (Å²) in [7, 11) is 0. The molecule has 3 heteroatoms. The van der Waals surface area contributed by atoms with Crippen molar-refractivity contribution < 1.29 is 14.6 Å². The second-order valence-electron chi connectivity index (χ2n) is 4.96. The number of hydrogen-bond donors (Lipinski definition) is 1. The number of hydrogen-bond acceptors (Lipinski definition) is 3. The van der Waals surface area contributed by atoms with E-state index in [1.807, 2.05) is 19.1 Å². The van der Waals surface area contributed by atoms with Crippen LogP contribution in [0, 0.1) is 12.3 Å². The van der Waals surface area contributed by atoms with E-state index in [4.69, 9.17) is 9.47 Å². The number of aliphatic hydroxyl groups excluding tert-OH is 1. The van der Waals surface area contributed by atoms with Crippen molar-refractivity contribution in [3.8, 4) is 11.5 Å². The zero-order valence-corrected chi connectivity index (χ0v) is 9.45. The van der Waals surface area contributed by atoms with Crippen LogP contribution in [0.2, 0.25) is 0 Å². The molecule has 1 aliphatic heterocycles. The monoisotopic (exact) mass is 220 g/mol. The average Bonchev–Trinajstić information content (AvgIpc) is 3.07. The summed E-state index contributed by atoms with van der Waals surface area (Å²) in [4.78, 5) is 0. The summed E-state index contributed by atoms with van der Waals surface area (Å²) in [6.45, 7) is 3.53.